The van der Waals surface area contributed by atoms with Crippen LogP contribution < -0.4 is 4.74 Å². The summed E-state index contributed by atoms with van der Waals surface area (Å²) < 4.78 is 11.8. The number of rotatable bonds is 8. The molecule has 5 heteroatoms. The van der Waals surface area contributed by atoms with Crippen molar-refractivity contribution < 1.29 is 14.3 Å². The van der Waals surface area contributed by atoms with Crippen LogP contribution in [0.25, 0.3) is 0 Å². The lowest BCUT2D eigenvalue weighted by molar-refractivity contribution is -0.148. The van der Waals surface area contributed by atoms with Gasteiger partial charge in [0, 0.05) is 43.4 Å². The second-order valence-corrected chi connectivity index (χ2v) is 9.77. The molecule has 1 aromatic heterocycles. The second kappa shape index (κ2) is 10.5. The van der Waals surface area contributed by atoms with E-state index in [0.717, 1.165) is 49.1 Å². The van der Waals surface area contributed by atoms with Crippen molar-refractivity contribution in [2.24, 2.45) is 5.92 Å². The molecule has 1 saturated heterocycles. The van der Waals surface area contributed by atoms with Crippen molar-refractivity contribution in [2.75, 3.05) is 13.2 Å². The third-order valence-corrected chi connectivity index (χ3v) is 6.72. The molecule has 2 fully saturated rings. The number of hydrogen-bond donors (Lipinski definition) is 0. The van der Waals surface area contributed by atoms with Crippen LogP contribution in [-0.2, 0) is 22.5 Å². The molecular weight excluding hydrogens is 400 g/mol. The minimum Gasteiger partial charge on any atom is -0.493 e. The Balaban J connectivity index is 1.37. The number of carbonyl (C=O) groups is 1. The normalized spacial score (nSPS) is 20.8. The van der Waals surface area contributed by atoms with Crippen molar-refractivity contribution in [1.29, 1.82) is 0 Å². The van der Waals surface area contributed by atoms with Crippen molar-refractivity contribution in [2.45, 2.75) is 77.0 Å². The Morgan fingerprint density at radius 2 is 1.91 bits per heavy atom. The molecule has 1 aliphatic heterocycles. The number of ether oxygens (including phenoxy) is 2. The molecule has 1 amide bonds. The fourth-order valence-electron chi connectivity index (χ4n) is 4.99. The van der Waals surface area contributed by atoms with Gasteiger partial charge in [0.05, 0.1) is 12.2 Å². The van der Waals surface area contributed by atoms with E-state index < -0.39 is 0 Å². The fraction of sp³-hybridized carbons (Fsp3) is 0.556. The predicted octanol–water partition coefficient (Wildman–Crippen LogP) is 5.18. The molecule has 32 heavy (non-hydrogen) atoms. The van der Waals surface area contributed by atoms with Crippen LogP contribution in [-0.4, -0.2) is 40.6 Å². The van der Waals surface area contributed by atoms with Gasteiger partial charge in [0.25, 0.3) is 0 Å². The van der Waals surface area contributed by atoms with Crippen LogP contribution in [0.1, 0.15) is 63.6 Å². The van der Waals surface area contributed by atoms with E-state index in [1.54, 1.807) is 0 Å². The first-order valence-electron chi connectivity index (χ1n) is 12.1. The summed E-state index contributed by atoms with van der Waals surface area (Å²) in [6.07, 6.45) is 8.90. The molecule has 4 rings (SSSR count). The molecule has 0 radical (unpaired) electrons. The highest BCUT2D eigenvalue weighted by Crippen LogP contribution is 2.33. The molecule has 2 aromatic rings. The van der Waals surface area contributed by atoms with E-state index in [-0.39, 0.29) is 11.5 Å². The van der Waals surface area contributed by atoms with Gasteiger partial charge in [0.2, 0.25) is 5.91 Å². The zero-order valence-corrected chi connectivity index (χ0v) is 19.5. The average Bonchev–Trinajstić information content (AvgIpc) is 3.33. The SMILES string of the molecule is CC1(C)CC(C(=O)N(Cc2ccc(OCCc3ccccn3)cc2)C2CCCC2)CCO1. The quantitative estimate of drug-likeness (QED) is 0.572. The van der Waals surface area contributed by atoms with Crippen molar-refractivity contribution in [3.63, 3.8) is 0 Å². The van der Waals surface area contributed by atoms with E-state index in [1.807, 2.05) is 36.5 Å². The Hall–Kier alpha value is -2.40. The first-order chi connectivity index (χ1) is 15.5. The first kappa shape index (κ1) is 22.8. The third-order valence-electron chi connectivity index (χ3n) is 6.72. The van der Waals surface area contributed by atoms with Gasteiger partial charge in [0.15, 0.2) is 0 Å². The number of aromatic nitrogens is 1. The fourth-order valence-corrected chi connectivity index (χ4v) is 4.99. The molecule has 2 heterocycles. The number of benzene rings is 1. The molecule has 1 aliphatic carbocycles. The predicted molar refractivity (Wildman–Crippen MR) is 125 cm³/mol. The van der Waals surface area contributed by atoms with Gasteiger partial charge in [0.1, 0.15) is 5.75 Å². The summed E-state index contributed by atoms with van der Waals surface area (Å²) in [5.74, 6) is 1.23. The summed E-state index contributed by atoms with van der Waals surface area (Å²) in [6, 6.07) is 14.5. The molecule has 1 aromatic carbocycles. The summed E-state index contributed by atoms with van der Waals surface area (Å²) in [5.41, 5.74) is 1.98. The lowest BCUT2D eigenvalue weighted by atomic mass is 9.87. The Bertz CT molecular complexity index is 860. The van der Waals surface area contributed by atoms with E-state index in [0.29, 0.717) is 31.7 Å². The molecule has 0 spiro atoms. The molecule has 1 unspecified atom stereocenters. The highest BCUT2D eigenvalue weighted by Gasteiger charge is 2.37. The van der Waals surface area contributed by atoms with Gasteiger partial charge in [-0.1, -0.05) is 31.0 Å². The lowest BCUT2D eigenvalue weighted by Crippen LogP contribution is -2.46. The van der Waals surface area contributed by atoms with Crippen LogP contribution in [0.2, 0.25) is 0 Å². The van der Waals surface area contributed by atoms with Gasteiger partial charge >= 0.3 is 0 Å². The largest absolute Gasteiger partial charge is 0.493 e. The van der Waals surface area contributed by atoms with Gasteiger partial charge in [-0.25, -0.2) is 0 Å². The highest BCUT2D eigenvalue weighted by atomic mass is 16.5. The van der Waals surface area contributed by atoms with E-state index >= 15 is 0 Å². The van der Waals surface area contributed by atoms with Crippen LogP contribution in [0.15, 0.2) is 48.7 Å². The topological polar surface area (TPSA) is 51.7 Å². The number of pyridine rings is 1. The molecular formula is C27H36N2O3. The van der Waals surface area contributed by atoms with Crippen LogP contribution in [0.5, 0.6) is 5.75 Å². The highest BCUT2D eigenvalue weighted by molar-refractivity contribution is 5.79. The van der Waals surface area contributed by atoms with Crippen LogP contribution >= 0.6 is 0 Å². The average molecular weight is 437 g/mol. The molecule has 0 bridgehead atoms. The smallest absolute Gasteiger partial charge is 0.226 e. The molecule has 5 nitrogen and oxygen atoms in total. The number of carbonyl (C=O) groups excluding carboxylic acids is 1. The van der Waals surface area contributed by atoms with Gasteiger partial charge in [-0.2, -0.15) is 0 Å². The van der Waals surface area contributed by atoms with E-state index in [9.17, 15) is 4.79 Å². The van der Waals surface area contributed by atoms with E-state index in [1.165, 1.54) is 12.8 Å². The second-order valence-electron chi connectivity index (χ2n) is 9.77. The summed E-state index contributed by atoms with van der Waals surface area (Å²) in [5, 5.41) is 0. The molecule has 0 N–H and O–H groups in total. The summed E-state index contributed by atoms with van der Waals surface area (Å²) in [7, 11) is 0. The van der Waals surface area contributed by atoms with Crippen molar-refractivity contribution in [3.05, 3.63) is 59.9 Å². The van der Waals surface area contributed by atoms with Gasteiger partial charge in [-0.05, 0) is 69.4 Å². The summed E-state index contributed by atoms with van der Waals surface area (Å²) in [4.78, 5) is 20.1. The summed E-state index contributed by atoms with van der Waals surface area (Å²) >= 11 is 0. The molecule has 172 valence electrons. The zero-order valence-electron chi connectivity index (χ0n) is 19.5. The maximum Gasteiger partial charge on any atom is 0.226 e. The van der Waals surface area contributed by atoms with Gasteiger partial charge in [-0.3, -0.25) is 9.78 Å². The molecule has 2 aliphatic rings. The first-order valence-corrected chi connectivity index (χ1v) is 12.1. The maximum atomic E-state index is 13.6. The van der Waals surface area contributed by atoms with Gasteiger partial charge in [-0.15, -0.1) is 0 Å². The monoisotopic (exact) mass is 436 g/mol. The Morgan fingerprint density at radius 1 is 1.12 bits per heavy atom. The standard InChI is InChI=1S/C27H36N2O3/c1-27(2)19-22(14-18-32-27)26(30)29(24-8-3-4-9-24)20-21-10-12-25(13-11-21)31-17-15-23-7-5-6-16-28-23/h5-7,10-13,16,22,24H,3-4,8-9,14-15,17-20H2,1-2H3. The van der Waals surface area contributed by atoms with Crippen molar-refractivity contribution in [1.82, 2.24) is 9.88 Å². The number of nitrogens with zero attached hydrogens (tertiary/aromatic N) is 2. The van der Waals surface area contributed by atoms with E-state index in [2.05, 4.69) is 35.9 Å². The van der Waals surface area contributed by atoms with E-state index in [4.69, 9.17) is 9.47 Å². The van der Waals surface area contributed by atoms with Crippen LogP contribution in [0.3, 0.4) is 0 Å². The maximum absolute atomic E-state index is 13.6. The number of hydrogen-bond acceptors (Lipinski definition) is 4. The minimum atomic E-state index is -0.214. The zero-order chi connectivity index (χ0) is 22.4. The minimum absolute atomic E-state index is 0.0635. The third kappa shape index (κ3) is 6.10. The molecule has 1 saturated carbocycles. The van der Waals surface area contributed by atoms with Crippen LogP contribution in [0, 0.1) is 5.92 Å². The lowest BCUT2D eigenvalue weighted by Gasteiger charge is -2.39. The van der Waals surface area contributed by atoms with Crippen LogP contribution in [0.4, 0.5) is 0 Å². The Morgan fingerprint density at radius 3 is 2.59 bits per heavy atom. The summed E-state index contributed by atoms with van der Waals surface area (Å²) in [6.45, 7) is 6.14. The van der Waals surface area contributed by atoms with Gasteiger partial charge < -0.3 is 14.4 Å². The Kier molecular flexibility index (Phi) is 7.46. The molecule has 1 atom stereocenters. The number of amides is 1. The van der Waals surface area contributed by atoms with Crippen molar-refractivity contribution >= 4 is 5.91 Å². The van der Waals surface area contributed by atoms with Crippen molar-refractivity contribution in [3.8, 4) is 5.75 Å². The Labute approximate surface area is 192 Å².